The van der Waals surface area contributed by atoms with E-state index in [9.17, 15) is 14.9 Å². The Hall–Kier alpha value is -3.27. The molecule has 3 aromatic rings. The number of carbonyl (C=O) groups is 1. The molecule has 0 heterocycles. The number of hydrogen-bond acceptors (Lipinski definition) is 3. The minimum Gasteiger partial charge on any atom is -0.295 e. The van der Waals surface area contributed by atoms with Crippen molar-refractivity contribution in [1.29, 1.82) is 0 Å². The maximum absolute atomic E-state index is 11.6. The molecular weight excluding hydrogens is 326 g/mol. The molecule has 0 aliphatic rings. The van der Waals surface area contributed by atoms with Gasteiger partial charge in [0.25, 0.3) is 5.69 Å². The van der Waals surface area contributed by atoms with E-state index in [-0.39, 0.29) is 16.4 Å². The zero-order chi connectivity index (χ0) is 18.5. The standard InChI is InChI=1S/C22H19NO3/c1-16(24)18-8-5-9-19(14-18)20-12-13-22(23(25)26)21(15-20)11-10-17-6-3-2-4-7-17/h2-9,12-15H,10-11H2,1H3. The molecule has 0 aromatic heterocycles. The van der Waals surface area contributed by atoms with E-state index in [1.165, 1.54) is 6.92 Å². The molecule has 0 fully saturated rings. The first-order valence-corrected chi connectivity index (χ1v) is 8.47. The molecule has 130 valence electrons. The average Bonchev–Trinajstić information content (AvgIpc) is 2.67. The van der Waals surface area contributed by atoms with Crippen LogP contribution in [0.1, 0.15) is 28.4 Å². The highest BCUT2D eigenvalue weighted by Crippen LogP contribution is 2.28. The summed E-state index contributed by atoms with van der Waals surface area (Å²) in [6.45, 7) is 1.53. The Morgan fingerprint density at radius 3 is 2.31 bits per heavy atom. The van der Waals surface area contributed by atoms with Crippen LogP contribution in [0.4, 0.5) is 5.69 Å². The lowest BCUT2D eigenvalue weighted by Gasteiger charge is -2.08. The number of rotatable bonds is 6. The summed E-state index contributed by atoms with van der Waals surface area (Å²) < 4.78 is 0. The normalized spacial score (nSPS) is 10.5. The topological polar surface area (TPSA) is 60.2 Å². The van der Waals surface area contributed by atoms with Gasteiger partial charge in [-0.3, -0.25) is 14.9 Å². The summed E-state index contributed by atoms with van der Waals surface area (Å²) in [4.78, 5) is 22.7. The molecular formula is C22H19NO3. The summed E-state index contributed by atoms with van der Waals surface area (Å²) >= 11 is 0. The molecule has 0 N–H and O–H groups in total. The first-order valence-electron chi connectivity index (χ1n) is 8.47. The average molecular weight is 345 g/mol. The van der Waals surface area contributed by atoms with Crippen LogP contribution in [-0.2, 0) is 12.8 Å². The van der Waals surface area contributed by atoms with Gasteiger partial charge in [0.05, 0.1) is 4.92 Å². The molecule has 4 heteroatoms. The molecule has 4 nitrogen and oxygen atoms in total. The Bertz CT molecular complexity index is 949. The van der Waals surface area contributed by atoms with Gasteiger partial charge in [0.15, 0.2) is 5.78 Å². The van der Waals surface area contributed by atoms with Crippen LogP contribution >= 0.6 is 0 Å². The lowest BCUT2D eigenvalue weighted by atomic mass is 9.96. The Morgan fingerprint density at radius 2 is 1.62 bits per heavy atom. The Morgan fingerprint density at radius 1 is 0.885 bits per heavy atom. The number of Topliss-reactive ketones (excluding diaryl/α,β-unsaturated/α-hetero) is 1. The Labute approximate surface area is 152 Å². The second-order valence-electron chi connectivity index (χ2n) is 6.22. The summed E-state index contributed by atoms with van der Waals surface area (Å²) in [5, 5.41) is 11.4. The zero-order valence-electron chi connectivity index (χ0n) is 14.5. The minimum absolute atomic E-state index is 0.00179. The van der Waals surface area contributed by atoms with Crippen LogP contribution < -0.4 is 0 Å². The van der Waals surface area contributed by atoms with Crippen LogP contribution in [0.25, 0.3) is 11.1 Å². The molecule has 3 aromatic carbocycles. The maximum atomic E-state index is 11.6. The fraction of sp³-hybridized carbons (Fsp3) is 0.136. The molecule has 26 heavy (non-hydrogen) atoms. The van der Waals surface area contributed by atoms with Gasteiger partial charge < -0.3 is 0 Å². The maximum Gasteiger partial charge on any atom is 0.272 e. The molecule has 0 amide bonds. The third kappa shape index (κ3) is 4.03. The van der Waals surface area contributed by atoms with Gasteiger partial charge in [-0.15, -0.1) is 0 Å². The predicted octanol–water partition coefficient (Wildman–Crippen LogP) is 5.25. The number of nitro groups is 1. The van der Waals surface area contributed by atoms with Crippen molar-refractivity contribution in [2.75, 3.05) is 0 Å². The monoisotopic (exact) mass is 345 g/mol. The van der Waals surface area contributed by atoms with Crippen molar-refractivity contribution in [2.24, 2.45) is 0 Å². The van der Waals surface area contributed by atoms with Crippen molar-refractivity contribution in [1.82, 2.24) is 0 Å². The van der Waals surface area contributed by atoms with E-state index >= 15 is 0 Å². The molecule has 0 saturated carbocycles. The number of nitro benzene ring substituents is 1. The van der Waals surface area contributed by atoms with E-state index in [1.807, 2.05) is 54.6 Å². The highest BCUT2D eigenvalue weighted by molar-refractivity contribution is 5.95. The Kier molecular flexibility index (Phi) is 5.23. The van der Waals surface area contributed by atoms with E-state index < -0.39 is 0 Å². The van der Waals surface area contributed by atoms with Crippen molar-refractivity contribution < 1.29 is 9.72 Å². The number of carbonyl (C=O) groups excluding carboxylic acids is 1. The molecule has 0 atom stereocenters. The van der Waals surface area contributed by atoms with Gasteiger partial charge in [0.2, 0.25) is 0 Å². The van der Waals surface area contributed by atoms with Gasteiger partial charge in [-0.1, -0.05) is 48.5 Å². The molecule has 0 spiro atoms. The van der Waals surface area contributed by atoms with Crippen molar-refractivity contribution >= 4 is 11.5 Å². The summed E-state index contributed by atoms with van der Waals surface area (Å²) in [6, 6.07) is 22.4. The van der Waals surface area contributed by atoms with Gasteiger partial charge >= 0.3 is 0 Å². The van der Waals surface area contributed by atoms with Crippen LogP contribution in [0.5, 0.6) is 0 Å². The molecule has 0 aliphatic carbocycles. The van der Waals surface area contributed by atoms with Gasteiger partial charge in [-0.25, -0.2) is 0 Å². The Balaban J connectivity index is 1.94. The van der Waals surface area contributed by atoms with Gasteiger partial charge in [-0.05, 0) is 54.7 Å². The summed E-state index contributed by atoms with van der Waals surface area (Å²) in [5.74, 6) is -0.00179. The first kappa shape index (κ1) is 17.5. The highest BCUT2D eigenvalue weighted by Gasteiger charge is 2.15. The van der Waals surface area contributed by atoms with E-state index in [0.29, 0.717) is 17.5 Å². The molecule has 0 saturated heterocycles. The minimum atomic E-state index is -0.337. The van der Waals surface area contributed by atoms with E-state index in [0.717, 1.165) is 23.1 Å². The molecule has 0 radical (unpaired) electrons. The van der Waals surface area contributed by atoms with Crippen LogP contribution in [-0.4, -0.2) is 10.7 Å². The smallest absolute Gasteiger partial charge is 0.272 e. The summed E-state index contributed by atoms with van der Waals surface area (Å²) in [6.07, 6.45) is 1.32. The van der Waals surface area contributed by atoms with Crippen molar-refractivity contribution in [3.63, 3.8) is 0 Å². The zero-order valence-corrected chi connectivity index (χ0v) is 14.5. The summed E-state index contributed by atoms with van der Waals surface area (Å²) in [5.41, 5.74) is 4.37. The van der Waals surface area contributed by atoms with Crippen LogP contribution in [0.3, 0.4) is 0 Å². The number of ketones is 1. The number of nitrogens with zero attached hydrogens (tertiary/aromatic N) is 1. The van der Waals surface area contributed by atoms with Gasteiger partial charge in [0, 0.05) is 17.2 Å². The van der Waals surface area contributed by atoms with Gasteiger partial charge in [-0.2, -0.15) is 0 Å². The third-order valence-corrected chi connectivity index (χ3v) is 4.40. The quantitative estimate of drug-likeness (QED) is 0.348. The number of aryl methyl sites for hydroxylation is 2. The second-order valence-corrected chi connectivity index (χ2v) is 6.22. The van der Waals surface area contributed by atoms with Crippen LogP contribution in [0.15, 0.2) is 72.8 Å². The van der Waals surface area contributed by atoms with Crippen LogP contribution in [0, 0.1) is 10.1 Å². The SMILES string of the molecule is CC(=O)c1cccc(-c2ccc([N+](=O)[O-])c(CCc3ccccc3)c2)c1. The van der Waals surface area contributed by atoms with Gasteiger partial charge in [0.1, 0.15) is 0 Å². The lowest BCUT2D eigenvalue weighted by molar-refractivity contribution is -0.385. The molecule has 3 rings (SSSR count). The largest absolute Gasteiger partial charge is 0.295 e. The fourth-order valence-corrected chi connectivity index (χ4v) is 2.98. The van der Waals surface area contributed by atoms with E-state index in [1.54, 1.807) is 18.2 Å². The van der Waals surface area contributed by atoms with Crippen molar-refractivity contribution in [3.8, 4) is 11.1 Å². The number of benzene rings is 3. The van der Waals surface area contributed by atoms with Crippen molar-refractivity contribution in [3.05, 3.63) is 99.6 Å². The summed E-state index contributed by atoms with van der Waals surface area (Å²) in [7, 11) is 0. The van der Waals surface area contributed by atoms with E-state index in [2.05, 4.69) is 0 Å². The number of hydrogen-bond donors (Lipinski definition) is 0. The fourth-order valence-electron chi connectivity index (χ4n) is 2.98. The van der Waals surface area contributed by atoms with Crippen LogP contribution in [0.2, 0.25) is 0 Å². The third-order valence-electron chi connectivity index (χ3n) is 4.40. The van der Waals surface area contributed by atoms with Crippen molar-refractivity contribution in [2.45, 2.75) is 19.8 Å². The lowest BCUT2D eigenvalue weighted by Crippen LogP contribution is -1.99. The first-order chi connectivity index (χ1) is 12.5. The molecule has 0 bridgehead atoms. The predicted molar refractivity (Wildman–Crippen MR) is 102 cm³/mol. The highest BCUT2D eigenvalue weighted by atomic mass is 16.6. The molecule has 0 unspecified atom stereocenters. The van der Waals surface area contributed by atoms with E-state index in [4.69, 9.17) is 0 Å². The molecule has 0 aliphatic heterocycles. The second kappa shape index (κ2) is 7.74.